The van der Waals surface area contributed by atoms with Crippen molar-refractivity contribution in [3.05, 3.63) is 29.5 Å². The van der Waals surface area contributed by atoms with Gasteiger partial charge in [0.05, 0.1) is 18.3 Å². The zero-order valence-electron chi connectivity index (χ0n) is 13.1. The highest BCUT2D eigenvalue weighted by Gasteiger charge is 2.30. The molecule has 4 rings (SSSR count). The molecule has 0 saturated carbocycles. The van der Waals surface area contributed by atoms with E-state index in [1.54, 1.807) is 6.20 Å². The molecule has 0 spiro atoms. The Balaban J connectivity index is 1.80. The van der Waals surface area contributed by atoms with E-state index in [9.17, 15) is 0 Å². The van der Waals surface area contributed by atoms with Crippen LogP contribution in [0.4, 0.5) is 11.8 Å². The number of aryl methyl sites for hydroxylation is 1. The molecule has 1 unspecified atom stereocenters. The number of imidazole rings is 1. The van der Waals surface area contributed by atoms with Gasteiger partial charge in [0, 0.05) is 36.7 Å². The van der Waals surface area contributed by atoms with E-state index in [1.807, 2.05) is 13.1 Å². The van der Waals surface area contributed by atoms with Gasteiger partial charge in [0.2, 0.25) is 5.95 Å². The summed E-state index contributed by atoms with van der Waals surface area (Å²) in [5.74, 6) is 2.10. The van der Waals surface area contributed by atoms with E-state index in [1.165, 1.54) is 0 Å². The average molecular weight is 312 g/mol. The van der Waals surface area contributed by atoms with Gasteiger partial charge in [-0.15, -0.1) is 0 Å². The van der Waals surface area contributed by atoms with Gasteiger partial charge in [-0.3, -0.25) is 0 Å². The molecule has 0 aromatic carbocycles. The Morgan fingerprint density at radius 3 is 3.04 bits per heavy atom. The summed E-state index contributed by atoms with van der Waals surface area (Å²) in [5.41, 5.74) is 8.92. The molecular weight excluding hydrogens is 292 g/mol. The number of rotatable bonds is 2. The van der Waals surface area contributed by atoms with Crippen molar-refractivity contribution in [2.75, 3.05) is 30.4 Å². The van der Waals surface area contributed by atoms with Crippen LogP contribution in [0.25, 0.3) is 11.6 Å². The van der Waals surface area contributed by atoms with Gasteiger partial charge in [-0.05, 0) is 25.8 Å². The number of H-pyrrole nitrogens is 1. The Labute approximate surface area is 134 Å². The monoisotopic (exact) mass is 312 g/mol. The smallest absolute Gasteiger partial charge is 0.222 e. The van der Waals surface area contributed by atoms with E-state index in [4.69, 9.17) is 10.5 Å². The maximum Gasteiger partial charge on any atom is 0.222 e. The first kappa shape index (κ1) is 14.2. The summed E-state index contributed by atoms with van der Waals surface area (Å²) in [6.45, 7) is 4.26. The number of nitrogens with two attached hydrogens (primary N) is 1. The third-order valence-corrected chi connectivity index (χ3v) is 4.44. The van der Waals surface area contributed by atoms with Gasteiger partial charge >= 0.3 is 0 Å². The second kappa shape index (κ2) is 5.66. The predicted molar refractivity (Wildman–Crippen MR) is 88.8 cm³/mol. The number of hydrogen-bond donors (Lipinski definition) is 2. The first-order valence-corrected chi connectivity index (χ1v) is 7.91. The third-order valence-electron chi connectivity index (χ3n) is 4.44. The minimum Gasteiger partial charge on any atom is -0.379 e. The highest BCUT2D eigenvalue weighted by molar-refractivity contribution is 5.89. The fourth-order valence-electron chi connectivity index (χ4n) is 3.31. The van der Waals surface area contributed by atoms with Crippen LogP contribution in [0.5, 0.6) is 0 Å². The van der Waals surface area contributed by atoms with Crippen molar-refractivity contribution in [1.82, 2.24) is 19.9 Å². The number of nitrogens with zero attached hydrogens (tertiary/aromatic N) is 4. The molecule has 2 aromatic rings. The Kier molecular flexibility index (Phi) is 3.49. The van der Waals surface area contributed by atoms with Crippen molar-refractivity contribution >= 4 is 23.4 Å². The van der Waals surface area contributed by atoms with Crippen LogP contribution in [-0.4, -0.2) is 45.7 Å². The fourth-order valence-corrected chi connectivity index (χ4v) is 3.31. The molecule has 7 nitrogen and oxygen atoms in total. The van der Waals surface area contributed by atoms with Crippen molar-refractivity contribution < 1.29 is 4.74 Å². The van der Waals surface area contributed by atoms with E-state index in [0.717, 1.165) is 54.5 Å². The third kappa shape index (κ3) is 2.57. The normalized spacial score (nSPS) is 21.0. The van der Waals surface area contributed by atoms with E-state index >= 15 is 0 Å². The zero-order valence-corrected chi connectivity index (χ0v) is 13.1. The summed E-state index contributed by atoms with van der Waals surface area (Å²) in [5, 5.41) is 0. The minimum atomic E-state index is 0.301. The SMILES string of the molecule is Cc1nc(N)nc2c1C=C(c1ncc[nH]1)CN2C1CCCOC1. The lowest BCUT2D eigenvalue weighted by molar-refractivity contribution is 0.0797. The second-order valence-corrected chi connectivity index (χ2v) is 6.01. The lowest BCUT2D eigenvalue weighted by atomic mass is 10.00. The molecule has 2 aliphatic heterocycles. The first-order chi connectivity index (χ1) is 11.2. The van der Waals surface area contributed by atoms with Gasteiger partial charge < -0.3 is 20.4 Å². The molecule has 0 bridgehead atoms. The largest absolute Gasteiger partial charge is 0.379 e. The summed E-state index contributed by atoms with van der Waals surface area (Å²) < 4.78 is 5.68. The summed E-state index contributed by atoms with van der Waals surface area (Å²) in [7, 11) is 0. The van der Waals surface area contributed by atoms with Crippen LogP contribution in [0, 0.1) is 6.92 Å². The van der Waals surface area contributed by atoms with Crippen LogP contribution in [0.1, 0.15) is 29.9 Å². The van der Waals surface area contributed by atoms with Crippen LogP contribution in [0.2, 0.25) is 0 Å². The van der Waals surface area contributed by atoms with Gasteiger partial charge in [-0.25, -0.2) is 9.97 Å². The molecule has 2 aromatic heterocycles. The van der Waals surface area contributed by atoms with Crippen molar-refractivity contribution in [2.24, 2.45) is 0 Å². The highest BCUT2D eigenvalue weighted by Crippen LogP contribution is 2.34. The van der Waals surface area contributed by atoms with Crippen molar-refractivity contribution in [2.45, 2.75) is 25.8 Å². The predicted octanol–water partition coefficient (Wildman–Crippen LogP) is 1.63. The van der Waals surface area contributed by atoms with Crippen molar-refractivity contribution in [1.29, 1.82) is 0 Å². The summed E-state index contributed by atoms with van der Waals surface area (Å²) >= 11 is 0. The lowest BCUT2D eigenvalue weighted by Gasteiger charge is -2.38. The molecule has 0 aliphatic carbocycles. The highest BCUT2D eigenvalue weighted by atomic mass is 16.5. The molecule has 2 aliphatic rings. The molecule has 4 heterocycles. The maximum absolute atomic E-state index is 5.88. The number of nitrogen functional groups attached to an aromatic ring is 1. The van der Waals surface area contributed by atoms with Gasteiger partial charge in [0.25, 0.3) is 0 Å². The van der Waals surface area contributed by atoms with Crippen LogP contribution in [0.15, 0.2) is 12.4 Å². The summed E-state index contributed by atoms with van der Waals surface area (Å²) in [6, 6.07) is 0.301. The van der Waals surface area contributed by atoms with Crippen LogP contribution in [0.3, 0.4) is 0 Å². The molecule has 1 fully saturated rings. The van der Waals surface area contributed by atoms with Crippen molar-refractivity contribution in [3.63, 3.8) is 0 Å². The molecule has 7 heteroatoms. The Hall–Kier alpha value is -2.41. The quantitative estimate of drug-likeness (QED) is 0.875. The number of aromatic nitrogens is 4. The van der Waals surface area contributed by atoms with E-state index < -0.39 is 0 Å². The first-order valence-electron chi connectivity index (χ1n) is 7.91. The summed E-state index contributed by atoms with van der Waals surface area (Å²) in [4.78, 5) is 18.7. The average Bonchev–Trinajstić information content (AvgIpc) is 3.09. The lowest BCUT2D eigenvalue weighted by Crippen LogP contribution is -2.44. The number of nitrogens with one attached hydrogen (secondary N) is 1. The van der Waals surface area contributed by atoms with Crippen LogP contribution >= 0.6 is 0 Å². The van der Waals surface area contributed by atoms with E-state index in [0.29, 0.717) is 18.6 Å². The molecule has 1 saturated heterocycles. The molecule has 23 heavy (non-hydrogen) atoms. The molecule has 1 atom stereocenters. The molecule has 0 amide bonds. The fraction of sp³-hybridized carbons (Fsp3) is 0.438. The van der Waals surface area contributed by atoms with E-state index in [-0.39, 0.29) is 0 Å². The van der Waals surface area contributed by atoms with Crippen LogP contribution in [-0.2, 0) is 4.74 Å². The van der Waals surface area contributed by atoms with Crippen LogP contribution < -0.4 is 10.6 Å². The molecule has 120 valence electrons. The van der Waals surface area contributed by atoms with Gasteiger partial charge in [-0.2, -0.15) is 4.98 Å². The zero-order chi connectivity index (χ0) is 15.8. The maximum atomic E-state index is 5.88. The Bertz CT molecular complexity index is 733. The van der Waals surface area contributed by atoms with Gasteiger partial charge in [-0.1, -0.05) is 0 Å². The number of ether oxygens (including phenoxy) is 1. The van der Waals surface area contributed by atoms with Gasteiger partial charge in [0.15, 0.2) is 0 Å². The Morgan fingerprint density at radius 1 is 1.39 bits per heavy atom. The second-order valence-electron chi connectivity index (χ2n) is 6.01. The molecule has 0 radical (unpaired) electrons. The number of hydrogen-bond acceptors (Lipinski definition) is 6. The van der Waals surface area contributed by atoms with Gasteiger partial charge in [0.1, 0.15) is 11.6 Å². The topological polar surface area (TPSA) is 92.9 Å². The Morgan fingerprint density at radius 2 is 2.30 bits per heavy atom. The standard InChI is InChI=1S/C16H20N6O/c1-10-13-7-11(14-18-4-5-19-14)8-22(12-3-2-6-23-9-12)15(13)21-16(17)20-10/h4-5,7,12H,2-3,6,8-9H2,1H3,(H,18,19)(H2,17,20,21). The molecule has 3 N–H and O–H groups in total. The van der Waals surface area contributed by atoms with E-state index in [2.05, 4.69) is 30.9 Å². The number of aromatic amines is 1. The number of anilines is 2. The van der Waals surface area contributed by atoms with Crippen molar-refractivity contribution in [3.8, 4) is 0 Å². The number of fused-ring (bicyclic) bond motifs is 1. The summed E-state index contributed by atoms with van der Waals surface area (Å²) in [6.07, 6.45) is 7.88. The minimum absolute atomic E-state index is 0.301. The molecular formula is C16H20N6O.